The Bertz CT molecular complexity index is 657. The molecule has 0 bridgehead atoms. The molecule has 0 unspecified atom stereocenters. The van der Waals surface area contributed by atoms with Crippen molar-refractivity contribution in [1.82, 2.24) is 10.0 Å². The smallest absolute Gasteiger partial charge is 0.267 e. The van der Waals surface area contributed by atoms with Crippen LogP contribution >= 0.6 is 0 Å². The molecule has 0 aliphatic carbocycles. The first-order valence-electron chi connectivity index (χ1n) is 6.00. The number of amides is 1. The van der Waals surface area contributed by atoms with Gasteiger partial charge >= 0.3 is 0 Å². The zero-order chi connectivity index (χ0) is 14.5. The van der Waals surface area contributed by atoms with Crippen LogP contribution < -0.4 is 5.48 Å². The number of nitrogens with one attached hydrogen (secondary N) is 1. The number of aromatic nitrogens is 1. The molecule has 2 aromatic rings. The number of carbonyl (C=O) groups excluding carboxylic acids is 2. The molecular formula is C15H14N2O3. The maximum Gasteiger partial charge on any atom is 0.267 e. The molecular weight excluding hydrogens is 256 g/mol. The van der Waals surface area contributed by atoms with Crippen molar-refractivity contribution in [3.63, 3.8) is 0 Å². The summed E-state index contributed by atoms with van der Waals surface area (Å²) >= 11 is 0. The van der Waals surface area contributed by atoms with E-state index < -0.39 is 5.91 Å². The fourth-order valence-electron chi connectivity index (χ4n) is 1.83. The van der Waals surface area contributed by atoms with Gasteiger partial charge in [-0.05, 0) is 12.1 Å². The highest BCUT2D eigenvalue weighted by Crippen LogP contribution is 2.14. The van der Waals surface area contributed by atoms with Gasteiger partial charge in [0.1, 0.15) is 0 Å². The van der Waals surface area contributed by atoms with Crippen molar-refractivity contribution in [3.05, 3.63) is 65.5 Å². The number of hydroxylamine groups is 1. The average Bonchev–Trinajstić information content (AvgIpc) is 2.86. The summed E-state index contributed by atoms with van der Waals surface area (Å²) in [4.78, 5) is 23.2. The summed E-state index contributed by atoms with van der Waals surface area (Å²) in [5.41, 5.74) is 3.35. The number of aryl methyl sites for hydroxylation is 1. The predicted molar refractivity (Wildman–Crippen MR) is 74.3 cm³/mol. The maximum atomic E-state index is 12.2. The quantitative estimate of drug-likeness (QED) is 0.385. The Labute approximate surface area is 116 Å². The fourth-order valence-corrected chi connectivity index (χ4v) is 1.83. The molecule has 0 saturated carbocycles. The predicted octanol–water partition coefficient (Wildman–Crippen LogP) is 1.77. The van der Waals surface area contributed by atoms with E-state index in [1.807, 2.05) is 18.2 Å². The topological polar surface area (TPSA) is 71.3 Å². The number of rotatable bonds is 4. The molecule has 1 amide bonds. The molecule has 5 nitrogen and oxygen atoms in total. The molecule has 0 spiro atoms. The van der Waals surface area contributed by atoms with Crippen LogP contribution in [0.15, 0.2) is 48.7 Å². The Morgan fingerprint density at radius 3 is 2.55 bits per heavy atom. The van der Waals surface area contributed by atoms with E-state index in [1.165, 1.54) is 17.6 Å². The molecule has 0 aliphatic rings. The molecule has 2 rings (SSSR count). The fraction of sp³-hybridized carbons (Fsp3) is 0.0667. The second-order valence-corrected chi connectivity index (χ2v) is 4.27. The highest BCUT2D eigenvalue weighted by molar-refractivity contribution is 6.09. The third-order valence-electron chi connectivity index (χ3n) is 2.86. The van der Waals surface area contributed by atoms with Gasteiger partial charge < -0.3 is 4.57 Å². The Morgan fingerprint density at radius 2 is 1.90 bits per heavy atom. The lowest BCUT2D eigenvalue weighted by Crippen LogP contribution is -2.14. The molecule has 1 heterocycles. The number of nitrogens with zero attached hydrogens (tertiary/aromatic N) is 1. The van der Waals surface area contributed by atoms with Gasteiger partial charge in [0, 0.05) is 36.1 Å². The normalized spacial score (nSPS) is 10.7. The van der Waals surface area contributed by atoms with Crippen molar-refractivity contribution in [2.24, 2.45) is 7.05 Å². The van der Waals surface area contributed by atoms with Crippen LogP contribution in [0.4, 0.5) is 0 Å². The molecule has 2 N–H and O–H groups in total. The van der Waals surface area contributed by atoms with E-state index in [0.717, 1.165) is 0 Å². The van der Waals surface area contributed by atoms with Crippen molar-refractivity contribution in [1.29, 1.82) is 0 Å². The second kappa shape index (κ2) is 5.99. The molecule has 0 atom stereocenters. The SMILES string of the molecule is Cn1cc(C(=O)c2ccccc2)cc1/C=C/C(=O)NO. The number of ketones is 1. The van der Waals surface area contributed by atoms with E-state index in [9.17, 15) is 9.59 Å². The summed E-state index contributed by atoms with van der Waals surface area (Å²) in [7, 11) is 1.78. The zero-order valence-corrected chi connectivity index (χ0v) is 10.9. The Hall–Kier alpha value is -2.66. The van der Waals surface area contributed by atoms with Gasteiger partial charge in [-0.2, -0.15) is 0 Å². The van der Waals surface area contributed by atoms with Gasteiger partial charge in [0.25, 0.3) is 5.91 Å². The summed E-state index contributed by atoms with van der Waals surface area (Å²) in [5, 5.41) is 8.41. The molecule has 5 heteroatoms. The molecule has 1 aromatic carbocycles. The van der Waals surface area contributed by atoms with Crippen LogP contribution in [0.5, 0.6) is 0 Å². The minimum absolute atomic E-state index is 0.0764. The van der Waals surface area contributed by atoms with Gasteiger partial charge in [0.15, 0.2) is 5.78 Å². The van der Waals surface area contributed by atoms with E-state index in [1.54, 1.807) is 36.0 Å². The van der Waals surface area contributed by atoms with Crippen LogP contribution in [-0.2, 0) is 11.8 Å². The Morgan fingerprint density at radius 1 is 1.20 bits per heavy atom. The highest BCUT2D eigenvalue weighted by Gasteiger charge is 2.11. The highest BCUT2D eigenvalue weighted by atomic mass is 16.5. The number of hydrogen-bond donors (Lipinski definition) is 2. The van der Waals surface area contributed by atoms with Crippen LogP contribution in [0.3, 0.4) is 0 Å². The zero-order valence-electron chi connectivity index (χ0n) is 10.9. The van der Waals surface area contributed by atoms with Gasteiger partial charge in [0.05, 0.1) is 0 Å². The monoisotopic (exact) mass is 270 g/mol. The van der Waals surface area contributed by atoms with E-state index in [-0.39, 0.29) is 5.78 Å². The van der Waals surface area contributed by atoms with Gasteiger partial charge in [-0.3, -0.25) is 14.8 Å². The molecule has 20 heavy (non-hydrogen) atoms. The van der Waals surface area contributed by atoms with Crippen LogP contribution in [0.2, 0.25) is 0 Å². The largest absolute Gasteiger partial charge is 0.350 e. The second-order valence-electron chi connectivity index (χ2n) is 4.27. The molecule has 0 aliphatic heterocycles. The molecule has 0 saturated heterocycles. The van der Waals surface area contributed by atoms with Crippen molar-refractivity contribution in [2.75, 3.05) is 0 Å². The van der Waals surface area contributed by atoms with Crippen molar-refractivity contribution >= 4 is 17.8 Å². The standard InChI is InChI=1S/C15H14N2O3/c1-17-10-12(9-13(17)7-8-14(18)16-20)15(19)11-5-3-2-4-6-11/h2-10,20H,1H3,(H,16,18)/b8-7+. The average molecular weight is 270 g/mol. The first-order chi connectivity index (χ1) is 9.61. The van der Waals surface area contributed by atoms with E-state index in [0.29, 0.717) is 16.8 Å². The molecule has 0 radical (unpaired) electrons. The lowest BCUT2D eigenvalue weighted by Gasteiger charge is -1.96. The number of carbonyl (C=O) groups is 2. The van der Waals surface area contributed by atoms with Crippen LogP contribution in [0.1, 0.15) is 21.6 Å². The van der Waals surface area contributed by atoms with Crippen molar-refractivity contribution in [3.8, 4) is 0 Å². The molecule has 102 valence electrons. The molecule has 1 aromatic heterocycles. The number of hydrogen-bond acceptors (Lipinski definition) is 3. The van der Waals surface area contributed by atoms with Gasteiger partial charge in [-0.15, -0.1) is 0 Å². The summed E-state index contributed by atoms with van der Waals surface area (Å²) in [6.07, 6.45) is 4.41. The van der Waals surface area contributed by atoms with E-state index >= 15 is 0 Å². The first-order valence-corrected chi connectivity index (χ1v) is 6.00. The minimum atomic E-state index is -0.623. The van der Waals surface area contributed by atoms with Crippen molar-refractivity contribution < 1.29 is 14.8 Å². The first kappa shape index (κ1) is 13.8. The van der Waals surface area contributed by atoms with Gasteiger partial charge in [-0.25, -0.2) is 5.48 Å². The lowest BCUT2D eigenvalue weighted by atomic mass is 10.1. The summed E-state index contributed by atoms with van der Waals surface area (Å²) in [5.74, 6) is -0.699. The summed E-state index contributed by atoms with van der Waals surface area (Å²) in [6.45, 7) is 0. The van der Waals surface area contributed by atoms with E-state index in [4.69, 9.17) is 5.21 Å². The Kier molecular flexibility index (Phi) is 4.12. The Balaban J connectivity index is 2.25. The third kappa shape index (κ3) is 3.02. The lowest BCUT2D eigenvalue weighted by molar-refractivity contribution is -0.124. The number of benzene rings is 1. The third-order valence-corrected chi connectivity index (χ3v) is 2.86. The summed E-state index contributed by atoms with van der Waals surface area (Å²) < 4.78 is 1.73. The van der Waals surface area contributed by atoms with Crippen LogP contribution in [0.25, 0.3) is 6.08 Å². The minimum Gasteiger partial charge on any atom is -0.350 e. The van der Waals surface area contributed by atoms with Gasteiger partial charge in [0.2, 0.25) is 0 Å². The van der Waals surface area contributed by atoms with Crippen LogP contribution in [0, 0.1) is 0 Å². The maximum absolute atomic E-state index is 12.2. The van der Waals surface area contributed by atoms with Crippen molar-refractivity contribution in [2.45, 2.75) is 0 Å². The summed E-state index contributed by atoms with van der Waals surface area (Å²) in [6, 6.07) is 10.7. The molecule has 0 fully saturated rings. The van der Waals surface area contributed by atoms with Gasteiger partial charge in [-0.1, -0.05) is 30.3 Å². The van der Waals surface area contributed by atoms with Crippen LogP contribution in [-0.4, -0.2) is 21.5 Å². The van der Waals surface area contributed by atoms with E-state index in [2.05, 4.69) is 0 Å².